The van der Waals surface area contributed by atoms with Crippen LogP contribution in [0.4, 0.5) is 10.1 Å². The van der Waals surface area contributed by atoms with Gasteiger partial charge in [-0.3, -0.25) is 0 Å². The molecule has 1 aliphatic carbocycles. The van der Waals surface area contributed by atoms with Crippen molar-refractivity contribution in [2.45, 2.75) is 70.6 Å². The molecule has 5 rings (SSSR count). The van der Waals surface area contributed by atoms with Crippen molar-refractivity contribution < 1.29 is 19.0 Å². The highest BCUT2D eigenvalue weighted by Crippen LogP contribution is 2.48. The molecule has 34 heavy (non-hydrogen) atoms. The number of carbonyl (C=O) groups is 1. The highest BCUT2D eigenvalue weighted by atomic mass is 19.1. The van der Waals surface area contributed by atoms with Gasteiger partial charge in [-0.15, -0.1) is 0 Å². The van der Waals surface area contributed by atoms with Crippen LogP contribution in [0.2, 0.25) is 0 Å². The van der Waals surface area contributed by atoms with Gasteiger partial charge in [-0.1, -0.05) is 32.8 Å². The Morgan fingerprint density at radius 1 is 1.15 bits per heavy atom. The van der Waals surface area contributed by atoms with Crippen molar-refractivity contribution in [3.8, 4) is 17.0 Å². The van der Waals surface area contributed by atoms with Crippen LogP contribution in [0.5, 0.6) is 5.75 Å². The lowest BCUT2D eigenvalue weighted by Gasteiger charge is -2.31. The Hall–Kier alpha value is -3.02. The molecule has 1 aliphatic heterocycles. The Labute approximate surface area is 199 Å². The van der Waals surface area contributed by atoms with E-state index in [0.29, 0.717) is 12.3 Å². The van der Waals surface area contributed by atoms with Crippen LogP contribution in [0.1, 0.15) is 67.8 Å². The number of alkyl halides is 1. The molecule has 6 heteroatoms. The van der Waals surface area contributed by atoms with E-state index in [2.05, 4.69) is 29.8 Å². The molecule has 0 amide bonds. The summed E-state index contributed by atoms with van der Waals surface area (Å²) in [6, 6.07) is 11.6. The minimum absolute atomic E-state index is 0.196. The second-order valence-corrected chi connectivity index (χ2v) is 10.1. The molecule has 3 aromatic rings. The Balaban J connectivity index is 1.83. The Morgan fingerprint density at radius 3 is 2.65 bits per heavy atom. The fraction of sp³-hybridized carbons (Fsp3) is 0.464. The van der Waals surface area contributed by atoms with E-state index in [9.17, 15) is 9.90 Å². The second-order valence-electron chi connectivity index (χ2n) is 10.1. The second kappa shape index (κ2) is 8.97. The maximum atomic E-state index is 15.4. The molecule has 1 aromatic heterocycles. The van der Waals surface area contributed by atoms with Gasteiger partial charge in [0.1, 0.15) is 11.9 Å². The number of methoxy groups -OCH3 is 1. The number of benzene rings is 2. The number of nitrogens with one attached hydrogen (secondary N) is 1. The summed E-state index contributed by atoms with van der Waals surface area (Å²) in [4.78, 5) is 11.8. The zero-order valence-electron chi connectivity index (χ0n) is 20.1. The van der Waals surface area contributed by atoms with Gasteiger partial charge >= 0.3 is 5.97 Å². The number of ether oxygens (including phenoxy) is 1. The van der Waals surface area contributed by atoms with E-state index in [1.807, 2.05) is 18.2 Å². The van der Waals surface area contributed by atoms with Crippen LogP contribution in [0.3, 0.4) is 0 Å². The smallest absolute Gasteiger partial charge is 0.335 e. The van der Waals surface area contributed by atoms with Crippen LogP contribution in [0.15, 0.2) is 36.4 Å². The molecule has 1 saturated carbocycles. The summed E-state index contributed by atoms with van der Waals surface area (Å²) in [6.45, 7) is 5.15. The van der Waals surface area contributed by atoms with Crippen molar-refractivity contribution >= 4 is 22.6 Å². The fourth-order valence-corrected chi connectivity index (χ4v) is 5.83. The van der Waals surface area contributed by atoms with Gasteiger partial charge in [-0.05, 0) is 55.0 Å². The average molecular weight is 465 g/mol. The number of halogens is 1. The lowest BCUT2D eigenvalue weighted by Crippen LogP contribution is -2.29. The van der Waals surface area contributed by atoms with Gasteiger partial charge in [0, 0.05) is 46.7 Å². The van der Waals surface area contributed by atoms with Crippen molar-refractivity contribution in [2.24, 2.45) is 5.92 Å². The molecule has 180 valence electrons. The number of nitrogens with zero attached hydrogens (tertiary/aromatic N) is 1. The number of hydrogen-bond donors (Lipinski definition) is 2. The Morgan fingerprint density at radius 2 is 1.94 bits per heavy atom. The first-order chi connectivity index (χ1) is 16.4. The number of hydrogen-bond acceptors (Lipinski definition) is 3. The summed E-state index contributed by atoms with van der Waals surface area (Å²) in [5, 5.41) is 14.4. The number of aryl methyl sites for hydroxylation is 1. The lowest BCUT2D eigenvalue weighted by atomic mass is 9.80. The third-order valence-electron chi connectivity index (χ3n) is 7.69. The highest BCUT2D eigenvalue weighted by molar-refractivity contribution is 5.99. The number of aromatic carboxylic acids is 1. The lowest BCUT2D eigenvalue weighted by molar-refractivity contribution is 0.0697. The summed E-state index contributed by atoms with van der Waals surface area (Å²) < 4.78 is 23.2. The van der Waals surface area contributed by atoms with Gasteiger partial charge in [-0.25, -0.2) is 9.18 Å². The van der Waals surface area contributed by atoms with Crippen molar-refractivity contribution in [3.05, 3.63) is 47.5 Å². The third-order valence-corrected chi connectivity index (χ3v) is 7.69. The molecule has 2 N–H and O–H groups in total. The van der Waals surface area contributed by atoms with E-state index in [-0.39, 0.29) is 17.5 Å². The molecule has 2 aromatic carbocycles. The van der Waals surface area contributed by atoms with Crippen LogP contribution < -0.4 is 10.1 Å². The zero-order valence-corrected chi connectivity index (χ0v) is 20.1. The average Bonchev–Trinajstić information content (AvgIpc) is 3.12. The van der Waals surface area contributed by atoms with Gasteiger partial charge in [0.05, 0.1) is 18.4 Å². The molecular formula is C28H33FN2O3. The number of carboxylic acids is 1. The maximum absolute atomic E-state index is 15.4. The molecule has 2 unspecified atom stereocenters. The highest BCUT2D eigenvalue weighted by Gasteiger charge is 2.34. The molecule has 5 nitrogen and oxygen atoms in total. The largest absolute Gasteiger partial charge is 0.497 e. The van der Waals surface area contributed by atoms with E-state index in [1.54, 1.807) is 19.2 Å². The van der Waals surface area contributed by atoms with Crippen molar-refractivity contribution in [1.29, 1.82) is 0 Å². The topological polar surface area (TPSA) is 63.5 Å². The van der Waals surface area contributed by atoms with E-state index in [0.717, 1.165) is 71.4 Å². The van der Waals surface area contributed by atoms with Gasteiger partial charge in [0.2, 0.25) is 0 Å². The number of rotatable bonds is 4. The first kappa shape index (κ1) is 22.8. The van der Waals surface area contributed by atoms with Gasteiger partial charge < -0.3 is 19.7 Å². The minimum Gasteiger partial charge on any atom is -0.497 e. The van der Waals surface area contributed by atoms with Crippen LogP contribution >= 0.6 is 0 Å². The molecule has 0 radical (unpaired) electrons. The van der Waals surface area contributed by atoms with Crippen LogP contribution in [0.25, 0.3) is 22.2 Å². The third kappa shape index (κ3) is 3.83. The molecular weight excluding hydrogens is 431 g/mol. The van der Waals surface area contributed by atoms with Crippen LogP contribution in [-0.4, -0.2) is 35.0 Å². The summed E-state index contributed by atoms with van der Waals surface area (Å²) in [5.41, 5.74) is 5.18. The standard InChI is InChI=1S/C28H33FN2O3/c1-16(2)23-12-13-31-25-14-17(28(32)33)8-10-21(25)26(19-6-4-5-7-22(19)29)27(31)20-11-9-18(34-3)15-24(20)30-23/h8-11,14-16,19,22-23,30H,4-7,12-13H2,1-3H3,(H,32,33)/t19?,22-,23?/m0/s1. The molecule has 3 atom stereocenters. The molecule has 1 fully saturated rings. The minimum atomic E-state index is -0.947. The summed E-state index contributed by atoms with van der Waals surface area (Å²) in [7, 11) is 1.66. The number of anilines is 1. The van der Waals surface area contributed by atoms with E-state index >= 15 is 4.39 Å². The van der Waals surface area contributed by atoms with Crippen molar-refractivity contribution in [1.82, 2.24) is 4.57 Å². The predicted octanol–water partition coefficient (Wildman–Crippen LogP) is 6.85. The first-order valence-corrected chi connectivity index (χ1v) is 12.4. The maximum Gasteiger partial charge on any atom is 0.335 e. The van der Waals surface area contributed by atoms with E-state index in [4.69, 9.17) is 4.74 Å². The van der Waals surface area contributed by atoms with E-state index in [1.165, 1.54) is 0 Å². The number of carboxylic acid groups (broad SMARTS) is 1. The monoisotopic (exact) mass is 464 g/mol. The Kier molecular flexibility index (Phi) is 6.00. The molecule has 0 bridgehead atoms. The SMILES string of the molecule is COc1ccc2c(c1)NC(C(C)C)CCn1c-2c(C2CCCC[C@@H]2F)c2ccc(C(=O)O)cc21. The fourth-order valence-electron chi connectivity index (χ4n) is 5.83. The molecule has 0 saturated heterocycles. The van der Waals surface area contributed by atoms with Gasteiger partial charge in [0.15, 0.2) is 0 Å². The molecule has 0 spiro atoms. The first-order valence-electron chi connectivity index (χ1n) is 12.4. The number of fused-ring (bicyclic) bond motifs is 5. The molecule has 2 aliphatic rings. The number of aromatic nitrogens is 1. The normalized spacial score (nSPS) is 22.4. The van der Waals surface area contributed by atoms with Gasteiger partial charge in [0.25, 0.3) is 0 Å². The van der Waals surface area contributed by atoms with Gasteiger partial charge in [-0.2, -0.15) is 0 Å². The summed E-state index contributed by atoms with van der Waals surface area (Å²) in [5.74, 6) is 0.0361. The quantitative estimate of drug-likeness (QED) is 0.443. The van der Waals surface area contributed by atoms with Crippen molar-refractivity contribution in [2.75, 3.05) is 12.4 Å². The summed E-state index contributed by atoms with van der Waals surface area (Å²) in [6.07, 6.45) is 3.29. The summed E-state index contributed by atoms with van der Waals surface area (Å²) >= 11 is 0. The zero-order chi connectivity index (χ0) is 24.0. The van der Waals surface area contributed by atoms with Crippen LogP contribution in [-0.2, 0) is 6.54 Å². The van der Waals surface area contributed by atoms with Crippen LogP contribution in [0, 0.1) is 5.92 Å². The Bertz CT molecular complexity index is 1230. The van der Waals surface area contributed by atoms with Crippen molar-refractivity contribution in [3.63, 3.8) is 0 Å². The predicted molar refractivity (Wildman–Crippen MR) is 134 cm³/mol. The van der Waals surface area contributed by atoms with E-state index < -0.39 is 12.1 Å². The molecule has 2 heterocycles.